The third kappa shape index (κ3) is 7.04. The van der Waals surface area contributed by atoms with Crippen molar-refractivity contribution < 1.29 is 19.4 Å². The van der Waals surface area contributed by atoms with Crippen molar-refractivity contribution in [1.82, 2.24) is 19.9 Å². The fraction of sp³-hybridized carbons (Fsp3) is 0.281. The molecule has 3 aromatic carbocycles. The number of carbonyl (C=O) groups is 1. The minimum atomic E-state index is -0.849. The van der Waals surface area contributed by atoms with E-state index in [1.165, 1.54) is 0 Å². The maximum atomic E-state index is 11.9. The molecule has 1 N–H and O–H groups in total. The summed E-state index contributed by atoms with van der Waals surface area (Å²) in [5, 5.41) is 18.9. The third-order valence-corrected chi connectivity index (χ3v) is 7.20. The number of likely N-dealkylation sites (tertiary alicyclic amines) is 1. The third-order valence-electron chi connectivity index (χ3n) is 7.20. The van der Waals surface area contributed by atoms with Gasteiger partial charge in [0, 0.05) is 0 Å². The van der Waals surface area contributed by atoms with Gasteiger partial charge >= 0.3 is 18.0 Å². The first kappa shape index (κ1) is 27.7. The molecule has 1 atom stereocenters. The van der Waals surface area contributed by atoms with Crippen LogP contribution in [0.25, 0.3) is 11.1 Å². The average molecular weight is 550 g/mol. The van der Waals surface area contributed by atoms with Crippen molar-refractivity contribution >= 4 is 5.97 Å². The number of carboxylic acids is 1. The Hall–Kier alpha value is -4.81. The molecule has 9 heteroatoms. The maximum Gasteiger partial charge on any atom is 0.323 e. The van der Waals surface area contributed by atoms with E-state index in [-0.39, 0.29) is 31.8 Å². The molecule has 1 aliphatic rings. The van der Waals surface area contributed by atoms with Gasteiger partial charge in [-0.1, -0.05) is 67.1 Å². The van der Waals surface area contributed by atoms with Gasteiger partial charge in [-0.25, -0.2) is 0 Å². The number of hydrogen-bond donors (Lipinski definition) is 1. The van der Waals surface area contributed by atoms with Crippen LogP contribution >= 0.6 is 0 Å². The molecule has 0 radical (unpaired) electrons. The maximum absolute atomic E-state index is 11.9. The summed E-state index contributed by atoms with van der Waals surface area (Å²) in [5.74, 6) is -0.475. The molecular formula is C32H31N5O4. The Bertz CT molecular complexity index is 1550. The molecule has 2 heterocycles. The molecule has 1 aliphatic heterocycles. The van der Waals surface area contributed by atoms with E-state index in [0.717, 1.165) is 40.7 Å². The highest BCUT2D eigenvalue weighted by Crippen LogP contribution is 2.26. The van der Waals surface area contributed by atoms with Crippen LogP contribution in [0, 0.1) is 18.3 Å². The largest absolute Gasteiger partial charge is 0.480 e. The second-order valence-electron chi connectivity index (χ2n) is 9.98. The second kappa shape index (κ2) is 13.0. The lowest BCUT2D eigenvalue weighted by molar-refractivity contribution is -0.144. The van der Waals surface area contributed by atoms with E-state index in [0.29, 0.717) is 24.4 Å². The Morgan fingerprint density at radius 1 is 0.976 bits per heavy atom. The highest BCUT2D eigenvalue weighted by atomic mass is 16.5. The van der Waals surface area contributed by atoms with Crippen LogP contribution in [0.5, 0.6) is 12.0 Å². The van der Waals surface area contributed by atoms with E-state index in [2.05, 4.69) is 46.1 Å². The molecule has 0 amide bonds. The van der Waals surface area contributed by atoms with Gasteiger partial charge in [0.25, 0.3) is 0 Å². The van der Waals surface area contributed by atoms with Gasteiger partial charge in [0.1, 0.15) is 19.3 Å². The average Bonchev–Trinajstić information content (AvgIpc) is 3.00. The van der Waals surface area contributed by atoms with Crippen LogP contribution in [-0.4, -0.2) is 43.5 Å². The Balaban J connectivity index is 1.38. The molecule has 1 saturated heterocycles. The molecule has 1 fully saturated rings. The Kier molecular flexibility index (Phi) is 8.82. The lowest BCUT2D eigenvalue weighted by Crippen LogP contribution is -2.44. The zero-order valence-electron chi connectivity index (χ0n) is 22.9. The van der Waals surface area contributed by atoms with Gasteiger partial charge in [-0.05, 0) is 66.3 Å². The molecule has 9 nitrogen and oxygen atoms in total. The van der Waals surface area contributed by atoms with Gasteiger partial charge in [-0.3, -0.25) is 9.69 Å². The summed E-state index contributed by atoms with van der Waals surface area (Å²) in [4.78, 5) is 27.1. The second-order valence-corrected chi connectivity index (χ2v) is 9.98. The Morgan fingerprint density at radius 2 is 1.73 bits per heavy atom. The number of nitriles is 1. The molecule has 4 aromatic rings. The summed E-state index contributed by atoms with van der Waals surface area (Å²) < 4.78 is 12.0. The molecule has 0 saturated carbocycles. The normalized spacial score (nSPS) is 15.2. The van der Waals surface area contributed by atoms with Crippen LogP contribution in [0.4, 0.5) is 0 Å². The zero-order valence-corrected chi connectivity index (χ0v) is 22.9. The van der Waals surface area contributed by atoms with Crippen molar-refractivity contribution in [2.75, 3.05) is 6.54 Å². The minimum absolute atomic E-state index is 0.0750. The van der Waals surface area contributed by atoms with Crippen molar-refractivity contribution in [3.8, 4) is 29.2 Å². The number of hydrogen-bond acceptors (Lipinski definition) is 8. The fourth-order valence-corrected chi connectivity index (χ4v) is 5.01. The molecule has 1 aromatic heterocycles. The van der Waals surface area contributed by atoms with Crippen molar-refractivity contribution in [2.45, 2.75) is 52.0 Å². The van der Waals surface area contributed by atoms with Crippen molar-refractivity contribution in [2.24, 2.45) is 0 Å². The number of carboxylic acid groups (broad SMARTS) is 1. The first-order valence-corrected chi connectivity index (χ1v) is 13.6. The number of piperidine rings is 1. The van der Waals surface area contributed by atoms with Gasteiger partial charge < -0.3 is 14.6 Å². The van der Waals surface area contributed by atoms with Crippen molar-refractivity contribution in [3.05, 3.63) is 101 Å². The Morgan fingerprint density at radius 3 is 2.49 bits per heavy atom. The molecule has 1 unspecified atom stereocenters. The topological polar surface area (TPSA) is 121 Å². The molecule has 41 heavy (non-hydrogen) atoms. The van der Waals surface area contributed by atoms with Crippen LogP contribution in [0.3, 0.4) is 0 Å². The van der Waals surface area contributed by atoms with Crippen LogP contribution in [0.2, 0.25) is 0 Å². The smallest absolute Gasteiger partial charge is 0.323 e. The van der Waals surface area contributed by atoms with Crippen molar-refractivity contribution in [3.63, 3.8) is 0 Å². The van der Waals surface area contributed by atoms with E-state index in [1.807, 2.05) is 41.3 Å². The highest BCUT2D eigenvalue weighted by molar-refractivity contribution is 5.73. The fourth-order valence-electron chi connectivity index (χ4n) is 5.01. The number of nitrogens with zero attached hydrogens (tertiary/aromatic N) is 5. The number of ether oxygens (including phenoxy) is 2. The monoisotopic (exact) mass is 549 g/mol. The minimum Gasteiger partial charge on any atom is -0.480 e. The summed E-state index contributed by atoms with van der Waals surface area (Å²) in [6.07, 6.45) is 2.36. The van der Waals surface area contributed by atoms with Crippen LogP contribution < -0.4 is 9.47 Å². The first-order valence-electron chi connectivity index (χ1n) is 13.6. The lowest BCUT2D eigenvalue weighted by atomic mass is 9.97. The molecule has 208 valence electrons. The zero-order chi connectivity index (χ0) is 28.6. The summed E-state index contributed by atoms with van der Waals surface area (Å²) >= 11 is 0. The first-order chi connectivity index (χ1) is 20.0. The van der Waals surface area contributed by atoms with Gasteiger partial charge in [-0.2, -0.15) is 15.2 Å². The quantitative estimate of drug-likeness (QED) is 0.280. The van der Waals surface area contributed by atoms with Gasteiger partial charge in [0.05, 0.1) is 18.2 Å². The number of aliphatic carboxylic acids is 1. The van der Waals surface area contributed by atoms with E-state index < -0.39 is 12.0 Å². The molecule has 0 spiro atoms. The lowest BCUT2D eigenvalue weighted by Gasteiger charge is -2.32. The standard InChI is InChI=1S/C32H31N5O4/c1-22-26(13-8-14-27(22)25-11-3-2-4-12-25)21-41-32-35-29(19-37-16-6-5-15-28(37)30(38)39)34-31(36-32)40-20-24-10-7-9-23(17-24)18-33/h2-4,7-14,17,28H,5-6,15-16,19-21H2,1H3,(H,38,39). The van der Waals surface area contributed by atoms with Crippen molar-refractivity contribution in [1.29, 1.82) is 5.26 Å². The summed E-state index contributed by atoms with van der Waals surface area (Å²) in [6.45, 7) is 3.32. The van der Waals surface area contributed by atoms with E-state index in [9.17, 15) is 15.2 Å². The predicted octanol–water partition coefficient (Wildman–Crippen LogP) is 5.32. The summed E-state index contributed by atoms with van der Waals surface area (Å²) in [6, 6.07) is 25.1. The number of rotatable bonds is 10. The molecule has 5 rings (SSSR count). The SMILES string of the molecule is Cc1c(COc2nc(CN3CCCCC3C(=O)O)nc(OCc3cccc(C#N)c3)n2)cccc1-c1ccccc1. The van der Waals surface area contributed by atoms with E-state index in [4.69, 9.17) is 9.47 Å². The van der Waals surface area contributed by atoms with E-state index in [1.54, 1.807) is 18.2 Å². The van der Waals surface area contributed by atoms with E-state index >= 15 is 0 Å². The predicted molar refractivity (Wildman–Crippen MR) is 152 cm³/mol. The molecule has 0 bridgehead atoms. The van der Waals surface area contributed by atoms with Crippen LogP contribution in [0.15, 0.2) is 72.8 Å². The number of aromatic nitrogens is 3. The van der Waals surface area contributed by atoms with Gasteiger partial charge in [-0.15, -0.1) is 4.98 Å². The Labute approximate surface area is 239 Å². The highest BCUT2D eigenvalue weighted by Gasteiger charge is 2.29. The number of benzene rings is 3. The van der Waals surface area contributed by atoms with Crippen LogP contribution in [-0.2, 0) is 24.6 Å². The molecule has 0 aliphatic carbocycles. The van der Waals surface area contributed by atoms with Gasteiger partial charge in [0.2, 0.25) is 0 Å². The summed E-state index contributed by atoms with van der Waals surface area (Å²) in [5.41, 5.74) is 5.66. The summed E-state index contributed by atoms with van der Waals surface area (Å²) in [7, 11) is 0. The van der Waals surface area contributed by atoms with Crippen LogP contribution in [0.1, 0.15) is 47.3 Å². The molecular weight excluding hydrogens is 518 g/mol. The van der Waals surface area contributed by atoms with Gasteiger partial charge in [0.15, 0.2) is 5.82 Å².